The smallest absolute Gasteiger partial charge is 0.234 e. The molecule has 2 aromatic heterocycles. The van der Waals surface area contributed by atoms with Crippen LogP contribution in [0.25, 0.3) is 5.65 Å². The summed E-state index contributed by atoms with van der Waals surface area (Å²) < 4.78 is 28.2. The van der Waals surface area contributed by atoms with Gasteiger partial charge in [-0.25, -0.2) is 18.3 Å². The van der Waals surface area contributed by atoms with E-state index in [-0.39, 0.29) is 18.8 Å². The van der Waals surface area contributed by atoms with Crippen LogP contribution in [-0.4, -0.2) is 20.5 Å². The number of hydrogen-bond acceptors (Lipinski definition) is 2. The molecule has 1 saturated carbocycles. The number of fused-ring (bicyclic) bond motifs is 1. The highest BCUT2D eigenvalue weighted by atomic mass is 79.9. The molecule has 17 heavy (non-hydrogen) atoms. The van der Waals surface area contributed by atoms with Crippen LogP contribution in [0.1, 0.15) is 30.1 Å². The van der Waals surface area contributed by atoms with E-state index in [1.807, 2.05) is 13.0 Å². The van der Waals surface area contributed by atoms with Crippen LogP contribution in [0.3, 0.4) is 0 Å². The van der Waals surface area contributed by atoms with Crippen molar-refractivity contribution in [3.8, 4) is 0 Å². The molecule has 90 valence electrons. The molecule has 6 heteroatoms. The fraction of sp³-hybridized carbons (Fsp3) is 0.455. The molecule has 0 amide bonds. The molecule has 3 nitrogen and oxygen atoms in total. The van der Waals surface area contributed by atoms with Gasteiger partial charge in [0.25, 0.3) is 0 Å². The summed E-state index contributed by atoms with van der Waals surface area (Å²) in [6.07, 6.45) is -0.188. The molecule has 0 aliphatic heterocycles. The highest BCUT2D eigenvalue weighted by Crippen LogP contribution is 2.48. The first-order valence-corrected chi connectivity index (χ1v) is 6.14. The van der Waals surface area contributed by atoms with Crippen molar-refractivity contribution < 1.29 is 8.78 Å². The zero-order valence-electron chi connectivity index (χ0n) is 9.12. The summed E-state index contributed by atoms with van der Waals surface area (Å²) in [5.74, 6) is -2.64. The molecule has 1 fully saturated rings. The molecule has 0 saturated heterocycles. The third-order valence-electron chi connectivity index (χ3n) is 3.06. The Kier molecular flexibility index (Phi) is 2.26. The average Bonchev–Trinajstić information content (AvgIpc) is 2.53. The van der Waals surface area contributed by atoms with Gasteiger partial charge in [0.15, 0.2) is 5.65 Å². The van der Waals surface area contributed by atoms with Crippen molar-refractivity contribution in [1.29, 1.82) is 0 Å². The molecule has 1 aliphatic carbocycles. The first-order chi connectivity index (χ1) is 7.94. The molecule has 0 spiro atoms. The van der Waals surface area contributed by atoms with E-state index >= 15 is 0 Å². The maximum absolute atomic E-state index is 12.9. The van der Waals surface area contributed by atoms with Gasteiger partial charge in [-0.2, -0.15) is 5.10 Å². The third kappa shape index (κ3) is 1.84. The van der Waals surface area contributed by atoms with E-state index in [2.05, 4.69) is 26.0 Å². The van der Waals surface area contributed by atoms with Gasteiger partial charge in [0.2, 0.25) is 5.92 Å². The van der Waals surface area contributed by atoms with E-state index in [9.17, 15) is 8.78 Å². The van der Waals surface area contributed by atoms with Crippen LogP contribution in [-0.2, 0) is 0 Å². The van der Waals surface area contributed by atoms with E-state index in [0.717, 1.165) is 11.4 Å². The number of halogens is 3. The molecular weight excluding hydrogens is 292 g/mol. The molecular formula is C11H10BrF2N3. The maximum atomic E-state index is 12.9. The number of aromatic nitrogens is 3. The maximum Gasteiger partial charge on any atom is 0.249 e. The lowest BCUT2D eigenvalue weighted by molar-refractivity contribution is -0.0880. The van der Waals surface area contributed by atoms with Gasteiger partial charge in [-0.3, -0.25) is 0 Å². The Morgan fingerprint density at radius 2 is 2.12 bits per heavy atom. The van der Waals surface area contributed by atoms with Crippen molar-refractivity contribution in [1.82, 2.24) is 14.6 Å². The quantitative estimate of drug-likeness (QED) is 0.809. The van der Waals surface area contributed by atoms with Crippen molar-refractivity contribution in [2.75, 3.05) is 0 Å². The summed E-state index contributed by atoms with van der Waals surface area (Å²) in [5, 5.41) is 4.23. The minimum Gasteiger partial charge on any atom is -0.234 e. The van der Waals surface area contributed by atoms with Gasteiger partial charge >= 0.3 is 0 Å². The predicted octanol–water partition coefficient (Wildman–Crippen LogP) is 3.31. The van der Waals surface area contributed by atoms with Gasteiger partial charge in [-0.1, -0.05) is 0 Å². The zero-order chi connectivity index (χ0) is 12.2. The van der Waals surface area contributed by atoms with Crippen molar-refractivity contribution in [2.45, 2.75) is 31.6 Å². The molecule has 0 radical (unpaired) electrons. The first kappa shape index (κ1) is 11.1. The molecule has 3 rings (SSSR count). The summed E-state index contributed by atoms with van der Waals surface area (Å²) in [6.45, 7) is 1.86. The molecule has 2 aromatic rings. The Morgan fingerprint density at radius 3 is 2.76 bits per heavy atom. The standard InChI is InChI=1S/C11H10BrF2N3/c1-6-2-8(7-4-11(13,14)5-7)17-10(15-6)3-9(12)16-17/h2-3,7H,4-5H2,1H3. The lowest BCUT2D eigenvalue weighted by Crippen LogP contribution is -2.34. The molecule has 0 bridgehead atoms. The van der Waals surface area contributed by atoms with Gasteiger partial charge in [0, 0.05) is 36.2 Å². The molecule has 0 unspecified atom stereocenters. The van der Waals surface area contributed by atoms with Crippen LogP contribution in [0.2, 0.25) is 0 Å². The number of alkyl halides is 2. The normalized spacial score (nSPS) is 19.5. The largest absolute Gasteiger partial charge is 0.249 e. The molecule has 0 atom stereocenters. The van der Waals surface area contributed by atoms with Crippen LogP contribution in [0.15, 0.2) is 16.7 Å². The van der Waals surface area contributed by atoms with Gasteiger partial charge in [0.05, 0.1) is 0 Å². The van der Waals surface area contributed by atoms with Crippen molar-refractivity contribution in [3.05, 3.63) is 28.1 Å². The first-order valence-electron chi connectivity index (χ1n) is 5.35. The van der Waals surface area contributed by atoms with Crippen LogP contribution in [0.5, 0.6) is 0 Å². The Morgan fingerprint density at radius 1 is 1.41 bits per heavy atom. The van der Waals surface area contributed by atoms with Crippen LogP contribution < -0.4 is 0 Å². The second-order valence-corrected chi connectivity index (χ2v) is 5.33. The fourth-order valence-corrected chi connectivity index (χ4v) is 2.63. The second-order valence-electron chi connectivity index (χ2n) is 4.52. The summed E-state index contributed by atoms with van der Waals surface area (Å²) in [4.78, 5) is 4.32. The van der Waals surface area contributed by atoms with Crippen LogP contribution in [0, 0.1) is 6.92 Å². The van der Waals surface area contributed by atoms with E-state index in [4.69, 9.17) is 0 Å². The minimum atomic E-state index is -2.52. The highest BCUT2D eigenvalue weighted by Gasteiger charge is 2.47. The lowest BCUT2D eigenvalue weighted by Gasteiger charge is -2.35. The Balaban J connectivity index is 2.09. The fourth-order valence-electron chi connectivity index (χ4n) is 2.26. The molecule has 2 heterocycles. The number of nitrogens with zero attached hydrogens (tertiary/aromatic N) is 3. The van der Waals surface area contributed by atoms with Gasteiger partial charge in [-0.15, -0.1) is 0 Å². The molecule has 0 N–H and O–H groups in total. The van der Waals surface area contributed by atoms with Crippen LogP contribution >= 0.6 is 15.9 Å². The van der Waals surface area contributed by atoms with Gasteiger partial charge in [0.1, 0.15) is 4.60 Å². The Labute approximate surface area is 105 Å². The summed E-state index contributed by atoms with van der Waals surface area (Å²) in [5.41, 5.74) is 2.35. The summed E-state index contributed by atoms with van der Waals surface area (Å²) in [7, 11) is 0. The molecule has 0 aromatic carbocycles. The van der Waals surface area contributed by atoms with E-state index in [1.165, 1.54) is 0 Å². The highest BCUT2D eigenvalue weighted by molar-refractivity contribution is 9.10. The van der Waals surface area contributed by atoms with Gasteiger partial charge in [-0.05, 0) is 28.9 Å². The Bertz CT molecular complexity index is 586. The monoisotopic (exact) mass is 301 g/mol. The van der Waals surface area contributed by atoms with Crippen LogP contribution in [0.4, 0.5) is 8.78 Å². The lowest BCUT2D eigenvalue weighted by atomic mass is 9.79. The van der Waals surface area contributed by atoms with E-state index < -0.39 is 5.92 Å². The SMILES string of the molecule is Cc1cc(C2CC(F)(F)C2)n2nc(Br)cc2n1. The average molecular weight is 302 g/mol. The van der Waals surface area contributed by atoms with Crippen molar-refractivity contribution >= 4 is 21.6 Å². The van der Waals surface area contributed by atoms with E-state index in [1.54, 1.807) is 10.6 Å². The Hall–Kier alpha value is -1.04. The second kappa shape index (κ2) is 3.48. The zero-order valence-corrected chi connectivity index (χ0v) is 10.7. The van der Waals surface area contributed by atoms with Crippen molar-refractivity contribution in [2.24, 2.45) is 0 Å². The molecule has 1 aliphatic rings. The van der Waals surface area contributed by atoms with E-state index in [0.29, 0.717) is 10.3 Å². The number of aryl methyl sites for hydroxylation is 1. The minimum absolute atomic E-state index is 0.0942. The number of rotatable bonds is 1. The topological polar surface area (TPSA) is 30.2 Å². The predicted molar refractivity (Wildman–Crippen MR) is 62.3 cm³/mol. The third-order valence-corrected chi connectivity index (χ3v) is 3.45. The van der Waals surface area contributed by atoms with Crippen molar-refractivity contribution in [3.63, 3.8) is 0 Å². The summed E-state index contributed by atoms with van der Waals surface area (Å²) >= 11 is 3.27. The summed E-state index contributed by atoms with van der Waals surface area (Å²) in [6, 6.07) is 3.62. The van der Waals surface area contributed by atoms with Gasteiger partial charge < -0.3 is 0 Å². The number of hydrogen-bond donors (Lipinski definition) is 0.